The first-order valence-electron chi connectivity index (χ1n) is 15.5. The molecule has 0 saturated carbocycles. The SMILES string of the molecule is Cc1ccc(C=Cc2ccc(C=Cc3ccc(N=Nc4c(O)c(C(=O)Nc5ccc(C)cc5C)cc5ccccc45)cc3)cc2)cc1. The lowest BCUT2D eigenvalue weighted by Crippen LogP contribution is -2.13. The molecule has 0 unspecified atom stereocenters. The van der Waals surface area contributed by atoms with E-state index in [9.17, 15) is 9.90 Å². The van der Waals surface area contributed by atoms with E-state index in [1.165, 1.54) is 11.1 Å². The third kappa shape index (κ3) is 7.60. The van der Waals surface area contributed by atoms with Crippen molar-refractivity contribution in [3.05, 3.63) is 166 Å². The predicted octanol–water partition coefficient (Wildman–Crippen LogP) is 11.5. The quantitative estimate of drug-likeness (QED) is 0.132. The molecule has 6 aromatic carbocycles. The molecule has 0 atom stereocenters. The van der Waals surface area contributed by atoms with E-state index in [1.54, 1.807) is 6.07 Å². The maximum absolute atomic E-state index is 13.3. The monoisotopic (exact) mass is 613 g/mol. The highest BCUT2D eigenvalue weighted by atomic mass is 16.3. The lowest BCUT2D eigenvalue weighted by molar-refractivity contribution is 0.102. The van der Waals surface area contributed by atoms with Crippen molar-refractivity contribution in [3.8, 4) is 5.75 Å². The summed E-state index contributed by atoms with van der Waals surface area (Å²) in [5.41, 5.74) is 9.43. The number of fused-ring (bicyclic) bond motifs is 1. The van der Waals surface area contributed by atoms with Gasteiger partial charge in [-0.15, -0.1) is 5.11 Å². The number of aromatic hydroxyl groups is 1. The Hall–Kier alpha value is -6.07. The molecule has 2 N–H and O–H groups in total. The van der Waals surface area contributed by atoms with Crippen LogP contribution in [0.3, 0.4) is 0 Å². The van der Waals surface area contributed by atoms with Gasteiger partial charge in [-0.25, -0.2) is 0 Å². The summed E-state index contributed by atoms with van der Waals surface area (Å²) in [5, 5.41) is 24.5. The molecule has 5 heteroatoms. The predicted molar refractivity (Wildman–Crippen MR) is 196 cm³/mol. The fourth-order valence-corrected chi connectivity index (χ4v) is 5.28. The van der Waals surface area contributed by atoms with Gasteiger partial charge in [-0.2, -0.15) is 5.11 Å². The van der Waals surface area contributed by atoms with Crippen molar-refractivity contribution in [2.45, 2.75) is 20.8 Å². The van der Waals surface area contributed by atoms with Crippen LogP contribution < -0.4 is 5.32 Å². The van der Waals surface area contributed by atoms with Crippen LogP contribution >= 0.6 is 0 Å². The highest BCUT2D eigenvalue weighted by Crippen LogP contribution is 2.39. The molecule has 0 heterocycles. The summed E-state index contributed by atoms with van der Waals surface area (Å²) in [4.78, 5) is 13.3. The summed E-state index contributed by atoms with van der Waals surface area (Å²) >= 11 is 0. The number of carbonyl (C=O) groups is 1. The number of aryl methyl sites for hydroxylation is 3. The topological polar surface area (TPSA) is 74.0 Å². The average molecular weight is 614 g/mol. The van der Waals surface area contributed by atoms with Gasteiger partial charge in [0, 0.05) is 11.1 Å². The van der Waals surface area contributed by atoms with E-state index in [0.717, 1.165) is 33.2 Å². The van der Waals surface area contributed by atoms with Crippen LogP contribution in [-0.4, -0.2) is 11.0 Å². The maximum Gasteiger partial charge on any atom is 0.259 e. The number of anilines is 1. The van der Waals surface area contributed by atoms with E-state index in [4.69, 9.17) is 0 Å². The Balaban J connectivity index is 1.16. The van der Waals surface area contributed by atoms with Gasteiger partial charge in [0.25, 0.3) is 5.91 Å². The number of rotatable bonds is 8. The minimum absolute atomic E-state index is 0.133. The first-order valence-corrected chi connectivity index (χ1v) is 15.5. The van der Waals surface area contributed by atoms with E-state index >= 15 is 0 Å². The van der Waals surface area contributed by atoms with Gasteiger partial charge < -0.3 is 10.4 Å². The van der Waals surface area contributed by atoms with Crippen LogP contribution in [0.5, 0.6) is 5.75 Å². The van der Waals surface area contributed by atoms with Gasteiger partial charge in [0.1, 0.15) is 5.69 Å². The molecule has 0 aliphatic heterocycles. The molecule has 0 aliphatic rings. The second-order valence-corrected chi connectivity index (χ2v) is 11.7. The number of nitrogens with one attached hydrogen (secondary N) is 1. The zero-order valence-corrected chi connectivity index (χ0v) is 26.6. The van der Waals surface area contributed by atoms with Crippen LogP contribution in [0, 0.1) is 20.8 Å². The molecule has 5 nitrogen and oxygen atoms in total. The largest absolute Gasteiger partial charge is 0.505 e. The summed E-state index contributed by atoms with van der Waals surface area (Å²) in [6, 6.07) is 39.5. The molecule has 0 bridgehead atoms. The number of azo groups is 1. The van der Waals surface area contributed by atoms with Crippen LogP contribution in [0.4, 0.5) is 17.1 Å². The molecule has 230 valence electrons. The van der Waals surface area contributed by atoms with Gasteiger partial charge in [-0.3, -0.25) is 4.79 Å². The number of nitrogens with zero attached hydrogens (tertiary/aromatic N) is 2. The summed E-state index contributed by atoms with van der Waals surface area (Å²) in [5.74, 6) is -0.632. The van der Waals surface area contributed by atoms with Crippen LogP contribution in [0.2, 0.25) is 0 Å². The van der Waals surface area contributed by atoms with Crippen LogP contribution in [0.1, 0.15) is 49.3 Å². The van der Waals surface area contributed by atoms with Gasteiger partial charge in [0.15, 0.2) is 5.75 Å². The number of carbonyl (C=O) groups excluding carboxylic acids is 1. The van der Waals surface area contributed by atoms with Crippen molar-refractivity contribution in [3.63, 3.8) is 0 Å². The molecule has 1 amide bonds. The molecule has 6 aromatic rings. The molecule has 0 radical (unpaired) electrons. The fourth-order valence-electron chi connectivity index (χ4n) is 5.28. The molecule has 0 fully saturated rings. The summed E-state index contributed by atoms with van der Waals surface area (Å²) in [6.07, 6.45) is 8.36. The summed E-state index contributed by atoms with van der Waals surface area (Å²) in [6.45, 7) is 6.03. The normalized spacial score (nSPS) is 11.6. The first kappa shape index (κ1) is 30.9. The number of phenolic OH excluding ortho intramolecular Hbond substituents is 1. The zero-order chi connectivity index (χ0) is 32.8. The van der Waals surface area contributed by atoms with Gasteiger partial charge in [0.2, 0.25) is 0 Å². The highest BCUT2D eigenvalue weighted by Gasteiger charge is 2.19. The minimum atomic E-state index is -0.416. The van der Waals surface area contributed by atoms with Gasteiger partial charge in [-0.05, 0) is 78.2 Å². The average Bonchev–Trinajstić information content (AvgIpc) is 3.08. The molecular weight excluding hydrogens is 578 g/mol. The van der Waals surface area contributed by atoms with Crippen LogP contribution in [0.15, 0.2) is 132 Å². The standard InChI is InChI=1S/C42H35N3O2/c1-28-8-11-31(12-9-28)13-14-32-15-17-33(18-16-32)19-20-34-21-23-36(24-22-34)44-45-40-37-7-5-4-6-35(37)27-38(41(40)46)42(47)43-39-25-10-29(2)26-30(39)3/h4-27,46H,1-3H3,(H,43,47). The van der Waals surface area contributed by atoms with Crippen molar-refractivity contribution in [1.82, 2.24) is 0 Å². The fraction of sp³-hybridized carbons (Fsp3) is 0.0714. The summed E-state index contributed by atoms with van der Waals surface area (Å²) < 4.78 is 0. The smallest absolute Gasteiger partial charge is 0.259 e. The van der Waals surface area contributed by atoms with Gasteiger partial charge in [0.05, 0.1) is 11.3 Å². The van der Waals surface area contributed by atoms with Gasteiger partial charge in [-0.1, -0.05) is 132 Å². The minimum Gasteiger partial charge on any atom is -0.505 e. The third-order valence-corrected chi connectivity index (χ3v) is 7.98. The molecule has 0 aromatic heterocycles. The molecule has 0 aliphatic carbocycles. The number of hydrogen-bond donors (Lipinski definition) is 2. The van der Waals surface area contributed by atoms with Crippen molar-refractivity contribution in [1.29, 1.82) is 0 Å². The number of amides is 1. The molecular formula is C42H35N3O2. The van der Waals surface area contributed by atoms with E-state index in [0.29, 0.717) is 16.8 Å². The molecule has 0 spiro atoms. The lowest BCUT2D eigenvalue weighted by Gasteiger charge is -2.12. The zero-order valence-electron chi connectivity index (χ0n) is 26.6. The summed E-state index contributed by atoms with van der Waals surface area (Å²) in [7, 11) is 0. The molecule has 47 heavy (non-hydrogen) atoms. The van der Waals surface area contributed by atoms with Crippen LogP contribution in [0.25, 0.3) is 35.1 Å². The van der Waals surface area contributed by atoms with E-state index in [-0.39, 0.29) is 17.0 Å². The van der Waals surface area contributed by atoms with E-state index in [1.807, 2.05) is 80.6 Å². The Morgan fingerprint density at radius 3 is 1.74 bits per heavy atom. The Labute approximate surface area is 275 Å². The highest BCUT2D eigenvalue weighted by molar-refractivity contribution is 6.12. The van der Waals surface area contributed by atoms with Crippen molar-refractivity contribution < 1.29 is 9.90 Å². The Bertz CT molecular complexity index is 2140. The Morgan fingerprint density at radius 1 is 0.617 bits per heavy atom. The Morgan fingerprint density at radius 2 is 1.15 bits per heavy atom. The number of phenols is 1. The van der Waals surface area contributed by atoms with Gasteiger partial charge >= 0.3 is 0 Å². The number of benzene rings is 6. The lowest BCUT2D eigenvalue weighted by atomic mass is 10.0. The Kier molecular flexibility index (Phi) is 9.16. The second-order valence-electron chi connectivity index (χ2n) is 11.7. The van der Waals surface area contributed by atoms with Crippen molar-refractivity contribution in [2.75, 3.05) is 5.32 Å². The van der Waals surface area contributed by atoms with Crippen molar-refractivity contribution >= 4 is 58.0 Å². The maximum atomic E-state index is 13.3. The van der Waals surface area contributed by atoms with Crippen molar-refractivity contribution in [2.24, 2.45) is 10.2 Å². The third-order valence-electron chi connectivity index (χ3n) is 7.98. The molecule has 0 saturated heterocycles. The van der Waals surface area contributed by atoms with E-state index < -0.39 is 5.91 Å². The first-order chi connectivity index (χ1) is 22.8. The molecule has 6 rings (SSSR count). The second kappa shape index (κ2) is 13.9. The van der Waals surface area contributed by atoms with E-state index in [2.05, 4.69) is 95.3 Å². The number of hydrogen-bond acceptors (Lipinski definition) is 4. The van der Waals surface area contributed by atoms with Crippen LogP contribution in [-0.2, 0) is 0 Å².